The summed E-state index contributed by atoms with van der Waals surface area (Å²) in [6, 6.07) is 0.499. The van der Waals surface area contributed by atoms with Gasteiger partial charge in [0.2, 0.25) is 0 Å². The number of aldehydes is 1. The van der Waals surface area contributed by atoms with E-state index in [4.69, 9.17) is 0 Å². The van der Waals surface area contributed by atoms with Crippen molar-refractivity contribution in [1.29, 1.82) is 0 Å². The first-order valence-electron chi connectivity index (χ1n) is 4.51. The zero-order valence-electron chi connectivity index (χ0n) is 7.49. The standard InChI is InChI=1S/C9H10F2N2O/c10-9(11)4-1-2-8(9)13-7(6-14)3-5-12-13/h3,5-6,8H,1-2,4H2. The zero-order valence-corrected chi connectivity index (χ0v) is 7.49. The SMILES string of the molecule is O=Cc1ccnn1C1CCCC1(F)F. The van der Waals surface area contributed by atoms with E-state index in [1.54, 1.807) is 0 Å². The molecule has 1 fully saturated rings. The van der Waals surface area contributed by atoms with Crippen LogP contribution >= 0.6 is 0 Å². The number of halogens is 2. The molecule has 1 atom stereocenters. The molecule has 1 aromatic heterocycles. The normalized spacial score (nSPS) is 25.1. The highest BCUT2D eigenvalue weighted by Crippen LogP contribution is 2.43. The molecular weight excluding hydrogens is 190 g/mol. The van der Waals surface area contributed by atoms with Crippen LogP contribution in [0.15, 0.2) is 12.3 Å². The van der Waals surface area contributed by atoms with Gasteiger partial charge in [0, 0.05) is 12.6 Å². The van der Waals surface area contributed by atoms with Gasteiger partial charge in [-0.2, -0.15) is 5.10 Å². The largest absolute Gasteiger partial charge is 0.296 e. The molecule has 0 bridgehead atoms. The third-order valence-corrected chi connectivity index (χ3v) is 2.59. The molecule has 0 aliphatic heterocycles. The molecule has 0 aromatic carbocycles. The number of aromatic nitrogens is 2. The third-order valence-electron chi connectivity index (χ3n) is 2.59. The second kappa shape index (κ2) is 3.15. The number of nitrogens with zero attached hydrogens (tertiary/aromatic N) is 2. The third kappa shape index (κ3) is 1.32. The zero-order chi connectivity index (χ0) is 10.2. The lowest BCUT2D eigenvalue weighted by Gasteiger charge is -2.20. The summed E-state index contributed by atoms with van der Waals surface area (Å²) >= 11 is 0. The summed E-state index contributed by atoms with van der Waals surface area (Å²) in [7, 11) is 0. The summed E-state index contributed by atoms with van der Waals surface area (Å²) in [6.07, 6.45) is 2.68. The van der Waals surface area contributed by atoms with E-state index in [9.17, 15) is 13.6 Å². The number of hydrogen-bond acceptors (Lipinski definition) is 2. The summed E-state index contributed by atoms with van der Waals surface area (Å²) in [6.45, 7) is 0. The van der Waals surface area contributed by atoms with E-state index < -0.39 is 12.0 Å². The number of carbonyl (C=O) groups is 1. The van der Waals surface area contributed by atoms with Gasteiger partial charge in [0.1, 0.15) is 11.7 Å². The molecule has 0 N–H and O–H groups in total. The quantitative estimate of drug-likeness (QED) is 0.685. The van der Waals surface area contributed by atoms with Crippen LogP contribution in [0.2, 0.25) is 0 Å². The average molecular weight is 200 g/mol. The molecule has 76 valence electrons. The number of hydrogen-bond donors (Lipinski definition) is 0. The van der Waals surface area contributed by atoms with Crippen molar-refractivity contribution in [3.8, 4) is 0 Å². The highest BCUT2D eigenvalue weighted by molar-refractivity contribution is 5.71. The van der Waals surface area contributed by atoms with E-state index in [-0.39, 0.29) is 12.1 Å². The van der Waals surface area contributed by atoms with Gasteiger partial charge in [0.15, 0.2) is 6.29 Å². The lowest BCUT2D eigenvalue weighted by atomic mass is 10.2. The van der Waals surface area contributed by atoms with E-state index in [2.05, 4.69) is 5.10 Å². The summed E-state index contributed by atoms with van der Waals surface area (Å²) < 4.78 is 27.8. The van der Waals surface area contributed by atoms with Gasteiger partial charge in [-0.05, 0) is 18.9 Å². The molecule has 0 saturated heterocycles. The molecule has 1 aliphatic carbocycles. The highest BCUT2D eigenvalue weighted by atomic mass is 19.3. The Labute approximate surface area is 79.7 Å². The Morgan fingerprint density at radius 3 is 3.00 bits per heavy atom. The minimum absolute atomic E-state index is 0.115. The predicted molar refractivity (Wildman–Crippen MR) is 45.4 cm³/mol. The minimum atomic E-state index is -2.73. The predicted octanol–water partition coefficient (Wildman–Crippen LogP) is 2.06. The monoisotopic (exact) mass is 200 g/mol. The fourth-order valence-electron chi connectivity index (χ4n) is 1.89. The topological polar surface area (TPSA) is 34.9 Å². The number of rotatable bonds is 2. The molecule has 2 rings (SSSR count). The number of carbonyl (C=O) groups excluding carboxylic acids is 1. The molecule has 1 heterocycles. The maximum atomic E-state index is 13.3. The summed E-state index contributed by atoms with van der Waals surface area (Å²) in [4.78, 5) is 10.6. The van der Waals surface area contributed by atoms with Crippen molar-refractivity contribution >= 4 is 6.29 Å². The lowest BCUT2D eigenvalue weighted by molar-refractivity contribution is -0.0347. The summed E-state index contributed by atoms with van der Waals surface area (Å²) in [5.41, 5.74) is 0.219. The highest BCUT2D eigenvalue weighted by Gasteiger charge is 2.46. The van der Waals surface area contributed by atoms with Crippen molar-refractivity contribution in [2.45, 2.75) is 31.2 Å². The number of alkyl halides is 2. The molecule has 1 unspecified atom stereocenters. The first kappa shape index (κ1) is 9.30. The van der Waals surface area contributed by atoms with E-state index in [0.717, 1.165) is 4.68 Å². The van der Waals surface area contributed by atoms with E-state index >= 15 is 0 Å². The van der Waals surface area contributed by atoms with Gasteiger partial charge >= 0.3 is 0 Å². The van der Waals surface area contributed by atoms with Crippen molar-refractivity contribution in [1.82, 2.24) is 9.78 Å². The molecular formula is C9H10F2N2O. The molecule has 1 aromatic rings. The first-order chi connectivity index (χ1) is 6.65. The van der Waals surface area contributed by atoms with E-state index in [0.29, 0.717) is 19.1 Å². The Kier molecular flexibility index (Phi) is 2.09. The van der Waals surface area contributed by atoms with Crippen LogP contribution < -0.4 is 0 Å². The van der Waals surface area contributed by atoms with Crippen molar-refractivity contribution in [3.05, 3.63) is 18.0 Å². The van der Waals surface area contributed by atoms with Crippen molar-refractivity contribution in [3.63, 3.8) is 0 Å². The fourth-order valence-corrected chi connectivity index (χ4v) is 1.89. The van der Waals surface area contributed by atoms with Crippen LogP contribution in [-0.2, 0) is 0 Å². The molecule has 5 heteroatoms. The second-order valence-corrected chi connectivity index (χ2v) is 3.49. The van der Waals surface area contributed by atoms with Crippen molar-refractivity contribution < 1.29 is 13.6 Å². The molecule has 0 amide bonds. The lowest BCUT2D eigenvalue weighted by Crippen LogP contribution is -2.27. The van der Waals surface area contributed by atoms with Crippen molar-refractivity contribution in [2.75, 3.05) is 0 Å². The van der Waals surface area contributed by atoms with Gasteiger partial charge in [0.25, 0.3) is 5.92 Å². The Morgan fingerprint density at radius 2 is 2.43 bits per heavy atom. The van der Waals surface area contributed by atoms with Crippen LogP contribution in [0.4, 0.5) is 8.78 Å². The minimum Gasteiger partial charge on any atom is -0.296 e. The molecule has 14 heavy (non-hydrogen) atoms. The molecule has 3 nitrogen and oxygen atoms in total. The van der Waals surface area contributed by atoms with Crippen LogP contribution in [0, 0.1) is 0 Å². The van der Waals surface area contributed by atoms with Crippen LogP contribution in [-0.4, -0.2) is 22.0 Å². The van der Waals surface area contributed by atoms with Gasteiger partial charge in [-0.1, -0.05) is 0 Å². The van der Waals surface area contributed by atoms with Crippen molar-refractivity contribution in [2.24, 2.45) is 0 Å². The van der Waals surface area contributed by atoms with E-state index in [1.807, 2.05) is 0 Å². The van der Waals surface area contributed by atoms with Gasteiger partial charge in [-0.25, -0.2) is 8.78 Å². The fraction of sp³-hybridized carbons (Fsp3) is 0.556. The molecule has 0 radical (unpaired) electrons. The average Bonchev–Trinajstić information content (AvgIpc) is 2.69. The molecule has 1 saturated carbocycles. The second-order valence-electron chi connectivity index (χ2n) is 3.49. The van der Waals surface area contributed by atoms with Crippen LogP contribution in [0.3, 0.4) is 0 Å². The summed E-state index contributed by atoms with van der Waals surface area (Å²) in [5, 5.41) is 3.77. The molecule has 0 spiro atoms. The first-order valence-corrected chi connectivity index (χ1v) is 4.51. The van der Waals surface area contributed by atoms with Crippen LogP contribution in [0.5, 0.6) is 0 Å². The Bertz CT molecular complexity index is 348. The summed E-state index contributed by atoms with van der Waals surface area (Å²) in [5.74, 6) is -2.73. The van der Waals surface area contributed by atoms with Gasteiger partial charge in [0.05, 0.1) is 0 Å². The van der Waals surface area contributed by atoms with E-state index in [1.165, 1.54) is 12.3 Å². The smallest absolute Gasteiger partial charge is 0.270 e. The Hall–Kier alpha value is -1.26. The van der Waals surface area contributed by atoms with Crippen LogP contribution in [0.1, 0.15) is 35.8 Å². The maximum absolute atomic E-state index is 13.3. The van der Waals surface area contributed by atoms with Gasteiger partial charge in [-0.3, -0.25) is 9.48 Å². The van der Waals surface area contributed by atoms with Gasteiger partial charge < -0.3 is 0 Å². The Balaban J connectivity index is 2.35. The Morgan fingerprint density at radius 1 is 1.64 bits per heavy atom. The maximum Gasteiger partial charge on any atom is 0.270 e. The van der Waals surface area contributed by atoms with Gasteiger partial charge in [-0.15, -0.1) is 0 Å². The van der Waals surface area contributed by atoms with Crippen LogP contribution in [0.25, 0.3) is 0 Å². The molecule has 1 aliphatic rings.